The van der Waals surface area contributed by atoms with Crippen molar-refractivity contribution < 1.29 is 4.79 Å². The lowest BCUT2D eigenvalue weighted by molar-refractivity contribution is 0.102. The third-order valence-electron chi connectivity index (χ3n) is 3.77. The molecule has 9 nitrogen and oxygen atoms in total. The zero-order chi connectivity index (χ0) is 19.0. The highest BCUT2D eigenvalue weighted by atomic mass is 32.1. The molecule has 0 unspecified atom stereocenters. The Bertz CT molecular complexity index is 1300. The van der Waals surface area contributed by atoms with Crippen LogP contribution in [0.15, 0.2) is 62.4 Å². The predicted octanol–water partition coefficient (Wildman–Crippen LogP) is 1.05. The molecule has 0 saturated carbocycles. The molecular formula is C17H11N5O4S. The molecule has 3 N–H and O–H groups in total. The average molecular weight is 381 g/mol. The zero-order valence-corrected chi connectivity index (χ0v) is 14.4. The molecule has 134 valence electrons. The van der Waals surface area contributed by atoms with Gasteiger partial charge in [0, 0.05) is 17.6 Å². The van der Waals surface area contributed by atoms with Gasteiger partial charge in [0.05, 0.1) is 5.69 Å². The normalized spacial score (nSPS) is 10.8. The van der Waals surface area contributed by atoms with Crippen LogP contribution in [0, 0.1) is 0 Å². The molecule has 1 amide bonds. The standard InChI is InChI=1S/C17H11N5O4S/c23-13-6-12(20-16(26)21-13)19-14(24)10-7-18-17-22(15(10)25)11(8-27-17)9-4-2-1-3-5-9/h1-8H,(H3,19,20,21,23,24,26). The van der Waals surface area contributed by atoms with Crippen LogP contribution in [0.2, 0.25) is 0 Å². The summed E-state index contributed by atoms with van der Waals surface area (Å²) >= 11 is 1.28. The van der Waals surface area contributed by atoms with E-state index in [-0.39, 0.29) is 11.4 Å². The Labute approximate surface area is 154 Å². The molecule has 0 atom stereocenters. The molecule has 27 heavy (non-hydrogen) atoms. The number of nitrogens with zero attached hydrogens (tertiary/aromatic N) is 2. The van der Waals surface area contributed by atoms with Crippen molar-refractivity contribution in [2.24, 2.45) is 0 Å². The van der Waals surface area contributed by atoms with Crippen LogP contribution in [0.3, 0.4) is 0 Å². The Kier molecular flexibility index (Phi) is 4.01. The van der Waals surface area contributed by atoms with Gasteiger partial charge in [-0.2, -0.15) is 0 Å². The maximum absolute atomic E-state index is 12.9. The van der Waals surface area contributed by atoms with E-state index in [4.69, 9.17) is 0 Å². The maximum atomic E-state index is 12.9. The largest absolute Gasteiger partial charge is 0.327 e. The summed E-state index contributed by atoms with van der Waals surface area (Å²) in [5.41, 5.74) is -0.790. The first-order valence-electron chi connectivity index (χ1n) is 7.72. The van der Waals surface area contributed by atoms with Gasteiger partial charge in [0.1, 0.15) is 11.4 Å². The minimum atomic E-state index is -0.784. The molecule has 0 spiro atoms. The maximum Gasteiger partial charge on any atom is 0.327 e. The summed E-state index contributed by atoms with van der Waals surface area (Å²) in [5.74, 6) is -0.903. The summed E-state index contributed by atoms with van der Waals surface area (Å²) < 4.78 is 1.36. The lowest BCUT2D eigenvalue weighted by Crippen LogP contribution is -2.29. The Morgan fingerprint density at radius 3 is 2.63 bits per heavy atom. The van der Waals surface area contributed by atoms with Crippen LogP contribution < -0.4 is 22.1 Å². The van der Waals surface area contributed by atoms with Gasteiger partial charge >= 0.3 is 5.69 Å². The lowest BCUT2D eigenvalue weighted by Gasteiger charge is -2.05. The van der Waals surface area contributed by atoms with Crippen LogP contribution in [-0.4, -0.2) is 25.3 Å². The number of carbonyl (C=O) groups excluding carboxylic acids is 1. The second kappa shape index (κ2) is 6.50. The molecule has 0 saturated heterocycles. The number of aromatic nitrogens is 4. The number of hydrogen-bond donors (Lipinski definition) is 3. The van der Waals surface area contributed by atoms with Gasteiger partial charge in [-0.25, -0.2) is 9.78 Å². The Morgan fingerprint density at radius 1 is 1.11 bits per heavy atom. The molecule has 3 heterocycles. The van der Waals surface area contributed by atoms with Crippen molar-refractivity contribution in [2.75, 3.05) is 5.32 Å². The van der Waals surface area contributed by atoms with E-state index < -0.39 is 22.7 Å². The predicted molar refractivity (Wildman–Crippen MR) is 100 cm³/mol. The number of anilines is 1. The number of carbonyl (C=O) groups is 1. The van der Waals surface area contributed by atoms with E-state index in [1.54, 1.807) is 5.38 Å². The number of benzene rings is 1. The van der Waals surface area contributed by atoms with Crippen LogP contribution in [0.25, 0.3) is 16.2 Å². The number of amides is 1. The second-order valence-corrected chi connectivity index (χ2v) is 6.37. The van der Waals surface area contributed by atoms with Gasteiger partial charge in [-0.1, -0.05) is 30.3 Å². The molecule has 0 aliphatic heterocycles. The van der Waals surface area contributed by atoms with Crippen LogP contribution in [0.1, 0.15) is 10.4 Å². The van der Waals surface area contributed by atoms with Crippen LogP contribution in [-0.2, 0) is 0 Å². The fourth-order valence-corrected chi connectivity index (χ4v) is 3.44. The fourth-order valence-electron chi connectivity index (χ4n) is 2.58. The molecule has 0 bridgehead atoms. The molecule has 10 heteroatoms. The lowest BCUT2D eigenvalue weighted by atomic mass is 10.2. The highest BCUT2D eigenvalue weighted by Gasteiger charge is 2.17. The quantitative estimate of drug-likeness (QED) is 0.488. The number of thiazole rings is 1. The fraction of sp³-hybridized carbons (Fsp3) is 0. The number of nitrogens with one attached hydrogen (secondary N) is 3. The highest BCUT2D eigenvalue weighted by molar-refractivity contribution is 7.15. The van der Waals surface area contributed by atoms with Gasteiger partial charge in [-0.05, 0) is 5.56 Å². The molecule has 0 fully saturated rings. The molecular weight excluding hydrogens is 370 g/mol. The van der Waals surface area contributed by atoms with Gasteiger partial charge in [-0.15, -0.1) is 11.3 Å². The van der Waals surface area contributed by atoms with E-state index in [0.29, 0.717) is 10.7 Å². The van der Waals surface area contributed by atoms with Crippen molar-refractivity contribution in [2.45, 2.75) is 0 Å². The summed E-state index contributed by atoms with van der Waals surface area (Å²) in [7, 11) is 0. The molecule has 0 radical (unpaired) electrons. The SMILES string of the molecule is O=C(Nc1cc(=O)[nH]c(=O)[nH]1)c1cnc2scc(-c3ccccc3)n2c1=O. The number of hydrogen-bond acceptors (Lipinski definition) is 6. The van der Waals surface area contributed by atoms with E-state index in [1.807, 2.05) is 35.3 Å². The Balaban J connectivity index is 1.79. The van der Waals surface area contributed by atoms with Crippen molar-refractivity contribution in [3.63, 3.8) is 0 Å². The molecule has 3 aromatic heterocycles. The zero-order valence-electron chi connectivity index (χ0n) is 13.6. The monoisotopic (exact) mass is 381 g/mol. The van der Waals surface area contributed by atoms with Gasteiger partial charge in [0.15, 0.2) is 4.96 Å². The summed E-state index contributed by atoms with van der Waals surface area (Å²) in [4.78, 5) is 56.9. The van der Waals surface area contributed by atoms with Crippen molar-refractivity contribution in [3.8, 4) is 11.3 Å². The first kappa shape index (κ1) is 16.7. The minimum Gasteiger partial charge on any atom is -0.308 e. The molecule has 4 rings (SSSR count). The van der Waals surface area contributed by atoms with E-state index in [0.717, 1.165) is 11.6 Å². The summed E-state index contributed by atoms with van der Waals surface area (Å²) in [6.07, 6.45) is 1.17. The number of H-pyrrole nitrogens is 2. The van der Waals surface area contributed by atoms with Crippen molar-refractivity contribution in [1.29, 1.82) is 0 Å². The Morgan fingerprint density at radius 2 is 1.89 bits per heavy atom. The van der Waals surface area contributed by atoms with Gasteiger partial charge < -0.3 is 5.32 Å². The number of aromatic amines is 2. The van der Waals surface area contributed by atoms with Crippen molar-refractivity contribution in [1.82, 2.24) is 19.4 Å². The van der Waals surface area contributed by atoms with Crippen molar-refractivity contribution in [3.05, 3.63) is 84.7 Å². The summed E-state index contributed by atoms with van der Waals surface area (Å²) in [5, 5.41) is 4.12. The first-order chi connectivity index (χ1) is 13.0. The van der Waals surface area contributed by atoms with E-state index in [2.05, 4.69) is 15.3 Å². The summed E-state index contributed by atoms with van der Waals surface area (Å²) in [6.45, 7) is 0. The third-order valence-corrected chi connectivity index (χ3v) is 4.61. The number of fused-ring (bicyclic) bond motifs is 1. The summed E-state index contributed by atoms with van der Waals surface area (Å²) in [6, 6.07) is 10.3. The third kappa shape index (κ3) is 3.09. The first-order valence-corrected chi connectivity index (χ1v) is 8.60. The highest BCUT2D eigenvalue weighted by Crippen LogP contribution is 2.23. The smallest absolute Gasteiger partial charge is 0.308 e. The van der Waals surface area contributed by atoms with Crippen LogP contribution >= 0.6 is 11.3 Å². The average Bonchev–Trinajstić information content (AvgIpc) is 3.07. The van der Waals surface area contributed by atoms with Crippen LogP contribution in [0.4, 0.5) is 5.82 Å². The van der Waals surface area contributed by atoms with E-state index >= 15 is 0 Å². The molecule has 0 aliphatic rings. The van der Waals surface area contributed by atoms with Gasteiger partial charge in [0.2, 0.25) is 0 Å². The minimum absolute atomic E-state index is 0.119. The van der Waals surface area contributed by atoms with E-state index in [1.165, 1.54) is 21.9 Å². The van der Waals surface area contributed by atoms with Crippen molar-refractivity contribution >= 4 is 28.0 Å². The second-order valence-electron chi connectivity index (χ2n) is 5.54. The topological polar surface area (TPSA) is 129 Å². The number of rotatable bonds is 3. The Hall–Kier alpha value is -3.79. The molecule has 4 aromatic rings. The van der Waals surface area contributed by atoms with Gasteiger partial charge in [-0.3, -0.25) is 28.8 Å². The van der Waals surface area contributed by atoms with Crippen LogP contribution in [0.5, 0.6) is 0 Å². The van der Waals surface area contributed by atoms with E-state index in [9.17, 15) is 19.2 Å². The van der Waals surface area contributed by atoms with Gasteiger partial charge in [0.25, 0.3) is 17.0 Å². The molecule has 0 aliphatic carbocycles. The molecule has 1 aromatic carbocycles.